The average molecular weight is 205 g/mol. The molecule has 0 aliphatic rings. The minimum absolute atomic E-state index is 0.203. The van der Waals surface area contributed by atoms with Gasteiger partial charge >= 0.3 is 0 Å². The maximum atomic E-state index is 4.40. The van der Waals surface area contributed by atoms with Gasteiger partial charge in [-0.25, -0.2) is 0 Å². The van der Waals surface area contributed by atoms with Crippen molar-refractivity contribution in [3.05, 3.63) is 23.7 Å². The van der Waals surface area contributed by atoms with Crippen LogP contribution in [0.3, 0.4) is 0 Å². The van der Waals surface area contributed by atoms with E-state index in [4.69, 9.17) is 0 Å². The van der Waals surface area contributed by atoms with Crippen LogP contribution in [0, 0.1) is 6.92 Å². The summed E-state index contributed by atoms with van der Waals surface area (Å²) in [6, 6.07) is 4.07. The van der Waals surface area contributed by atoms with Crippen LogP contribution in [0.1, 0.15) is 30.9 Å². The van der Waals surface area contributed by atoms with E-state index in [1.807, 2.05) is 26.1 Å². The first-order valence-corrected chi connectivity index (χ1v) is 5.12. The largest absolute Gasteiger partial charge is 0.310 e. The van der Waals surface area contributed by atoms with Crippen molar-refractivity contribution in [1.29, 1.82) is 0 Å². The molecule has 1 N–H and O–H groups in total. The van der Waals surface area contributed by atoms with E-state index < -0.39 is 0 Å². The van der Waals surface area contributed by atoms with E-state index in [-0.39, 0.29) is 6.04 Å². The monoisotopic (exact) mass is 205 g/mol. The van der Waals surface area contributed by atoms with Crippen molar-refractivity contribution in [1.82, 2.24) is 25.1 Å². The topological polar surface area (TPSA) is 55.1 Å². The molecule has 0 aliphatic heterocycles. The number of aryl methyl sites for hydroxylation is 1. The zero-order valence-corrected chi connectivity index (χ0v) is 9.23. The summed E-state index contributed by atoms with van der Waals surface area (Å²) in [5, 5.41) is 15.9. The fourth-order valence-corrected chi connectivity index (χ4v) is 1.63. The van der Waals surface area contributed by atoms with Crippen molar-refractivity contribution in [2.45, 2.75) is 26.3 Å². The first-order chi connectivity index (χ1) is 7.26. The second kappa shape index (κ2) is 3.94. The van der Waals surface area contributed by atoms with Gasteiger partial charge < -0.3 is 5.32 Å². The van der Waals surface area contributed by atoms with Crippen LogP contribution in [0.5, 0.6) is 0 Å². The summed E-state index contributed by atoms with van der Waals surface area (Å²) in [5.41, 5.74) is 1.76. The van der Waals surface area contributed by atoms with E-state index in [9.17, 15) is 0 Å². The van der Waals surface area contributed by atoms with E-state index in [1.165, 1.54) is 0 Å². The lowest BCUT2D eigenvalue weighted by molar-refractivity contribution is 0.528. The molecule has 1 atom stereocenters. The standard InChI is InChI=1S/C10H15N5/c1-4-8(11-3)10-13-12-9-6-5-7(2)14-15(9)10/h5-6,8,11H,4H2,1-3H3. The van der Waals surface area contributed by atoms with Crippen LogP contribution in [-0.4, -0.2) is 26.9 Å². The zero-order chi connectivity index (χ0) is 10.8. The molecule has 0 fully saturated rings. The Hall–Kier alpha value is -1.49. The smallest absolute Gasteiger partial charge is 0.177 e. The molecule has 5 heteroatoms. The normalized spacial score (nSPS) is 13.3. The highest BCUT2D eigenvalue weighted by Gasteiger charge is 2.14. The fourth-order valence-electron chi connectivity index (χ4n) is 1.63. The van der Waals surface area contributed by atoms with Gasteiger partial charge in [-0.15, -0.1) is 10.2 Å². The Labute approximate surface area is 88.5 Å². The summed E-state index contributed by atoms with van der Waals surface area (Å²) in [6.45, 7) is 4.07. The molecule has 1 unspecified atom stereocenters. The number of rotatable bonds is 3. The van der Waals surface area contributed by atoms with Crippen molar-refractivity contribution in [2.75, 3.05) is 7.05 Å². The van der Waals surface area contributed by atoms with Crippen LogP contribution in [0.2, 0.25) is 0 Å². The number of fused-ring (bicyclic) bond motifs is 1. The summed E-state index contributed by atoms with van der Waals surface area (Å²) in [5.74, 6) is 0.874. The van der Waals surface area contributed by atoms with Crippen LogP contribution in [0.4, 0.5) is 0 Å². The Balaban J connectivity index is 2.55. The van der Waals surface area contributed by atoms with Gasteiger partial charge in [0.05, 0.1) is 11.7 Å². The summed E-state index contributed by atoms with van der Waals surface area (Å²) in [4.78, 5) is 0. The maximum absolute atomic E-state index is 4.40. The molecule has 0 aliphatic carbocycles. The van der Waals surface area contributed by atoms with E-state index in [0.717, 1.165) is 23.6 Å². The summed E-state index contributed by atoms with van der Waals surface area (Å²) < 4.78 is 1.81. The minimum atomic E-state index is 0.203. The van der Waals surface area contributed by atoms with Crippen LogP contribution in [0.25, 0.3) is 5.65 Å². The molecule has 15 heavy (non-hydrogen) atoms. The third-order valence-corrected chi connectivity index (χ3v) is 2.49. The number of aromatic nitrogens is 4. The summed E-state index contributed by atoms with van der Waals surface area (Å²) in [7, 11) is 1.92. The van der Waals surface area contributed by atoms with Gasteiger partial charge in [0.1, 0.15) is 0 Å². The van der Waals surface area contributed by atoms with Gasteiger partial charge in [0, 0.05) is 0 Å². The molecule has 80 valence electrons. The van der Waals surface area contributed by atoms with Crippen LogP contribution >= 0.6 is 0 Å². The lowest BCUT2D eigenvalue weighted by Gasteiger charge is -2.10. The van der Waals surface area contributed by atoms with Gasteiger partial charge in [0.15, 0.2) is 11.5 Å². The quantitative estimate of drug-likeness (QED) is 0.815. The van der Waals surface area contributed by atoms with Gasteiger partial charge in [0.2, 0.25) is 0 Å². The highest BCUT2D eigenvalue weighted by molar-refractivity contribution is 5.36. The lowest BCUT2D eigenvalue weighted by Crippen LogP contribution is -2.19. The third kappa shape index (κ3) is 1.70. The highest BCUT2D eigenvalue weighted by atomic mass is 15.4. The first-order valence-electron chi connectivity index (χ1n) is 5.12. The van der Waals surface area contributed by atoms with Crippen molar-refractivity contribution < 1.29 is 0 Å². The molecule has 2 heterocycles. The lowest BCUT2D eigenvalue weighted by atomic mass is 10.2. The molecular formula is C10H15N5. The maximum Gasteiger partial charge on any atom is 0.177 e. The Morgan fingerprint density at radius 2 is 2.20 bits per heavy atom. The average Bonchev–Trinajstić information content (AvgIpc) is 2.64. The Morgan fingerprint density at radius 3 is 2.87 bits per heavy atom. The molecule has 0 saturated carbocycles. The Kier molecular flexibility index (Phi) is 2.64. The van der Waals surface area contributed by atoms with Crippen molar-refractivity contribution in [2.24, 2.45) is 0 Å². The second-order valence-corrected chi connectivity index (χ2v) is 3.55. The molecule has 2 rings (SSSR count). The summed E-state index contributed by atoms with van der Waals surface area (Å²) in [6.07, 6.45) is 0.965. The van der Waals surface area contributed by atoms with Crippen molar-refractivity contribution >= 4 is 5.65 Å². The van der Waals surface area contributed by atoms with Gasteiger partial charge in [-0.2, -0.15) is 9.61 Å². The Morgan fingerprint density at radius 1 is 1.40 bits per heavy atom. The van der Waals surface area contributed by atoms with E-state index in [0.29, 0.717) is 0 Å². The first kappa shape index (κ1) is 10.0. The van der Waals surface area contributed by atoms with Crippen molar-refractivity contribution in [3.8, 4) is 0 Å². The van der Waals surface area contributed by atoms with Gasteiger partial charge in [-0.1, -0.05) is 6.92 Å². The third-order valence-electron chi connectivity index (χ3n) is 2.49. The molecule has 0 radical (unpaired) electrons. The van der Waals surface area contributed by atoms with Crippen molar-refractivity contribution in [3.63, 3.8) is 0 Å². The number of hydrogen-bond acceptors (Lipinski definition) is 4. The predicted molar refractivity (Wildman–Crippen MR) is 57.6 cm³/mol. The molecule has 0 saturated heterocycles. The molecule has 0 aromatic carbocycles. The van der Waals surface area contributed by atoms with Crippen LogP contribution < -0.4 is 5.32 Å². The van der Waals surface area contributed by atoms with Gasteiger partial charge in [0.25, 0.3) is 0 Å². The molecule has 0 amide bonds. The predicted octanol–water partition coefficient (Wildman–Crippen LogP) is 1.10. The zero-order valence-electron chi connectivity index (χ0n) is 9.23. The SMILES string of the molecule is CCC(NC)c1nnc2ccc(C)nn12. The molecule has 0 spiro atoms. The van der Waals surface area contributed by atoms with Crippen LogP contribution in [0.15, 0.2) is 12.1 Å². The highest BCUT2D eigenvalue weighted by Crippen LogP contribution is 2.14. The fraction of sp³-hybridized carbons (Fsp3) is 0.500. The Bertz CT molecular complexity index is 458. The van der Waals surface area contributed by atoms with Gasteiger partial charge in [-0.3, -0.25) is 0 Å². The van der Waals surface area contributed by atoms with Crippen LogP contribution in [-0.2, 0) is 0 Å². The molecular weight excluding hydrogens is 190 g/mol. The number of hydrogen-bond donors (Lipinski definition) is 1. The molecule has 2 aromatic heterocycles. The molecule has 5 nitrogen and oxygen atoms in total. The minimum Gasteiger partial charge on any atom is -0.310 e. The number of nitrogens with one attached hydrogen (secondary N) is 1. The van der Waals surface area contributed by atoms with Gasteiger partial charge in [-0.05, 0) is 32.5 Å². The van der Waals surface area contributed by atoms with E-state index in [2.05, 4.69) is 27.5 Å². The van der Waals surface area contributed by atoms with E-state index >= 15 is 0 Å². The summed E-state index contributed by atoms with van der Waals surface area (Å²) >= 11 is 0. The van der Waals surface area contributed by atoms with E-state index in [1.54, 1.807) is 4.52 Å². The molecule has 0 bridgehead atoms. The second-order valence-electron chi connectivity index (χ2n) is 3.55. The molecule has 2 aromatic rings. The number of nitrogens with zero attached hydrogens (tertiary/aromatic N) is 4.